The molecule has 1 saturated heterocycles. The minimum Gasteiger partial charge on any atom is -0.479 e. The molecule has 0 bridgehead atoms. The Balaban J connectivity index is 1.63. The van der Waals surface area contributed by atoms with Gasteiger partial charge in [-0.2, -0.15) is 0 Å². The summed E-state index contributed by atoms with van der Waals surface area (Å²) >= 11 is 0. The lowest BCUT2D eigenvalue weighted by Crippen LogP contribution is -2.39. The highest BCUT2D eigenvalue weighted by Gasteiger charge is 2.30. The SMILES string of the molecule is O=C(NCc1cnc[nH]1)NCC1CCC(C(=O)O)O1. The van der Waals surface area contributed by atoms with E-state index in [1.165, 1.54) is 6.33 Å². The molecule has 2 heterocycles. The highest BCUT2D eigenvalue weighted by molar-refractivity contribution is 5.74. The number of aliphatic carboxylic acids is 1. The molecule has 8 nitrogen and oxygen atoms in total. The van der Waals surface area contributed by atoms with Crippen molar-refractivity contribution < 1.29 is 19.4 Å². The van der Waals surface area contributed by atoms with Crippen LogP contribution in [0.15, 0.2) is 12.5 Å². The molecular weight excluding hydrogens is 252 g/mol. The van der Waals surface area contributed by atoms with Crippen LogP contribution >= 0.6 is 0 Å². The van der Waals surface area contributed by atoms with Gasteiger partial charge < -0.3 is 25.5 Å². The molecule has 104 valence electrons. The second-order valence-electron chi connectivity index (χ2n) is 4.30. The van der Waals surface area contributed by atoms with Crippen molar-refractivity contribution in [2.75, 3.05) is 6.54 Å². The number of aromatic amines is 1. The van der Waals surface area contributed by atoms with Crippen LogP contribution < -0.4 is 10.6 Å². The number of urea groups is 1. The van der Waals surface area contributed by atoms with Gasteiger partial charge in [0.05, 0.1) is 24.7 Å². The van der Waals surface area contributed by atoms with Crippen LogP contribution in [0.4, 0.5) is 4.79 Å². The van der Waals surface area contributed by atoms with E-state index >= 15 is 0 Å². The standard InChI is InChI=1S/C11H16N4O4/c16-10(17)9-2-1-8(19-9)5-14-11(18)13-4-7-3-12-6-15-7/h3,6,8-9H,1-2,4-5H2,(H,12,15)(H,16,17)(H2,13,14,18). The van der Waals surface area contributed by atoms with Crippen molar-refractivity contribution in [2.45, 2.75) is 31.6 Å². The largest absolute Gasteiger partial charge is 0.479 e. The van der Waals surface area contributed by atoms with E-state index in [0.717, 1.165) is 5.69 Å². The molecule has 2 atom stereocenters. The number of ether oxygens (including phenoxy) is 1. The summed E-state index contributed by atoms with van der Waals surface area (Å²) in [5.74, 6) is -0.953. The summed E-state index contributed by atoms with van der Waals surface area (Å²) in [5.41, 5.74) is 0.804. The molecule has 1 fully saturated rings. The van der Waals surface area contributed by atoms with Gasteiger partial charge in [0.1, 0.15) is 0 Å². The predicted molar refractivity (Wildman–Crippen MR) is 64.4 cm³/mol. The number of aromatic nitrogens is 2. The molecule has 19 heavy (non-hydrogen) atoms. The molecule has 2 unspecified atom stereocenters. The zero-order valence-electron chi connectivity index (χ0n) is 10.3. The molecule has 0 aliphatic carbocycles. The van der Waals surface area contributed by atoms with E-state index in [1.807, 2.05) is 0 Å². The molecule has 0 spiro atoms. The number of carboxylic acid groups (broad SMARTS) is 1. The molecule has 1 aliphatic rings. The van der Waals surface area contributed by atoms with Crippen molar-refractivity contribution in [1.29, 1.82) is 0 Å². The second-order valence-corrected chi connectivity index (χ2v) is 4.30. The number of nitrogens with zero attached hydrogens (tertiary/aromatic N) is 1. The highest BCUT2D eigenvalue weighted by atomic mass is 16.5. The Morgan fingerprint density at radius 2 is 2.32 bits per heavy atom. The lowest BCUT2D eigenvalue weighted by atomic mass is 10.2. The van der Waals surface area contributed by atoms with Crippen LogP contribution in [0.25, 0.3) is 0 Å². The average molecular weight is 268 g/mol. The normalized spacial score (nSPS) is 22.1. The number of hydrogen-bond acceptors (Lipinski definition) is 4. The van der Waals surface area contributed by atoms with Gasteiger partial charge in [0.15, 0.2) is 6.10 Å². The maximum absolute atomic E-state index is 11.5. The maximum Gasteiger partial charge on any atom is 0.332 e. The Hall–Kier alpha value is -2.09. The minimum absolute atomic E-state index is 0.237. The van der Waals surface area contributed by atoms with Crippen molar-refractivity contribution in [1.82, 2.24) is 20.6 Å². The van der Waals surface area contributed by atoms with E-state index in [9.17, 15) is 9.59 Å². The first-order chi connectivity index (χ1) is 9.15. The van der Waals surface area contributed by atoms with E-state index < -0.39 is 12.1 Å². The van der Waals surface area contributed by atoms with Gasteiger partial charge in [-0.1, -0.05) is 0 Å². The van der Waals surface area contributed by atoms with Crippen LogP contribution in [0.5, 0.6) is 0 Å². The summed E-state index contributed by atoms with van der Waals surface area (Å²) in [5, 5.41) is 14.1. The molecule has 2 amide bonds. The van der Waals surface area contributed by atoms with Crippen LogP contribution in [0.1, 0.15) is 18.5 Å². The van der Waals surface area contributed by atoms with Crippen molar-refractivity contribution >= 4 is 12.0 Å². The Morgan fingerprint density at radius 1 is 1.47 bits per heavy atom. The van der Waals surface area contributed by atoms with Gasteiger partial charge in [-0.3, -0.25) is 0 Å². The van der Waals surface area contributed by atoms with Crippen molar-refractivity contribution in [2.24, 2.45) is 0 Å². The number of carbonyl (C=O) groups excluding carboxylic acids is 1. The van der Waals surface area contributed by atoms with Gasteiger partial charge in [-0.05, 0) is 12.8 Å². The molecule has 1 aromatic rings. The Kier molecular flexibility index (Phi) is 4.35. The summed E-state index contributed by atoms with van der Waals surface area (Å²) in [7, 11) is 0. The van der Waals surface area contributed by atoms with Gasteiger partial charge in [-0.25, -0.2) is 14.6 Å². The summed E-state index contributed by atoms with van der Waals surface area (Å²) in [6, 6.07) is -0.322. The summed E-state index contributed by atoms with van der Waals surface area (Å²) in [6.45, 7) is 0.660. The number of amides is 2. The van der Waals surface area contributed by atoms with Crippen LogP contribution in [-0.4, -0.2) is 45.8 Å². The molecular formula is C11H16N4O4. The lowest BCUT2D eigenvalue weighted by molar-refractivity contribution is -0.149. The Bertz CT molecular complexity index is 434. The first-order valence-corrected chi connectivity index (χ1v) is 6.02. The van der Waals surface area contributed by atoms with Crippen molar-refractivity contribution in [3.8, 4) is 0 Å². The zero-order valence-corrected chi connectivity index (χ0v) is 10.3. The maximum atomic E-state index is 11.5. The molecule has 0 aromatic carbocycles. The Labute approximate surface area is 109 Å². The number of nitrogens with one attached hydrogen (secondary N) is 3. The first kappa shape index (κ1) is 13.3. The molecule has 2 rings (SSSR count). The van der Waals surface area contributed by atoms with Crippen molar-refractivity contribution in [3.05, 3.63) is 18.2 Å². The quantitative estimate of drug-likeness (QED) is 0.592. The third-order valence-electron chi connectivity index (χ3n) is 2.87. The molecule has 4 N–H and O–H groups in total. The number of rotatable bonds is 5. The number of H-pyrrole nitrogens is 1. The number of carboxylic acids is 1. The fraction of sp³-hybridized carbons (Fsp3) is 0.545. The second kappa shape index (κ2) is 6.19. The number of hydrogen-bond donors (Lipinski definition) is 4. The first-order valence-electron chi connectivity index (χ1n) is 6.02. The Morgan fingerprint density at radius 3 is 2.95 bits per heavy atom. The van der Waals surface area contributed by atoms with Crippen LogP contribution in [-0.2, 0) is 16.1 Å². The molecule has 1 aromatic heterocycles. The monoisotopic (exact) mass is 268 g/mol. The topological polar surface area (TPSA) is 116 Å². The van der Waals surface area contributed by atoms with Gasteiger partial charge in [0.2, 0.25) is 0 Å². The fourth-order valence-corrected chi connectivity index (χ4v) is 1.86. The van der Waals surface area contributed by atoms with Crippen LogP contribution in [0.3, 0.4) is 0 Å². The number of imidazole rings is 1. The van der Waals surface area contributed by atoms with Crippen molar-refractivity contribution in [3.63, 3.8) is 0 Å². The van der Waals surface area contributed by atoms with E-state index in [-0.39, 0.29) is 12.1 Å². The van der Waals surface area contributed by atoms with E-state index in [2.05, 4.69) is 20.6 Å². The van der Waals surface area contributed by atoms with Gasteiger partial charge in [0, 0.05) is 12.7 Å². The predicted octanol–water partition coefficient (Wildman–Crippen LogP) is -0.159. The average Bonchev–Trinajstić information content (AvgIpc) is 3.05. The molecule has 0 saturated carbocycles. The summed E-state index contributed by atoms with van der Waals surface area (Å²) in [6.07, 6.45) is 3.29. The third-order valence-corrected chi connectivity index (χ3v) is 2.87. The van der Waals surface area contributed by atoms with Crippen LogP contribution in [0.2, 0.25) is 0 Å². The summed E-state index contributed by atoms with van der Waals surface area (Å²) < 4.78 is 5.27. The van der Waals surface area contributed by atoms with Gasteiger partial charge in [0.25, 0.3) is 0 Å². The molecule has 8 heteroatoms. The molecule has 1 aliphatic heterocycles. The van der Waals surface area contributed by atoms with E-state index in [4.69, 9.17) is 9.84 Å². The van der Waals surface area contributed by atoms with E-state index in [1.54, 1.807) is 6.20 Å². The number of carbonyl (C=O) groups is 2. The molecule has 0 radical (unpaired) electrons. The fourth-order valence-electron chi connectivity index (χ4n) is 1.86. The summed E-state index contributed by atoms with van der Waals surface area (Å²) in [4.78, 5) is 28.9. The van der Waals surface area contributed by atoms with Crippen LogP contribution in [0, 0.1) is 0 Å². The van der Waals surface area contributed by atoms with E-state index in [0.29, 0.717) is 25.9 Å². The lowest BCUT2D eigenvalue weighted by Gasteiger charge is -2.12. The highest BCUT2D eigenvalue weighted by Crippen LogP contribution is 2.19. The third kappa shape index (κ3) is 3.95. The smallest absolute Gasteiger partial charge is 0.332 e. The van der Waals surface area contributed by atoms with Gasteiger partial charge >= 0.3 is 12.0 Å². The minimum atomic E-state index is -0.953. The zero-order chi connectivity index (χ0) is 13.7. The van der Waals surface area contributed by atoms with Gasteiger partial charge in [-0.15, -0.1) is 0 Å².